The SMILES string of the molecule is O=C(O)C1(CCCCc2ccc(Cl)cc2)CO1. The molecular formula is C13H15ClO3. The zero-order valence-corrected chi connectivity index (χ0v) is 10.2. The Bertz CT molecular complexity index is 396. The van der Waals surface area contributed by atoms with Crippen molar-refractivity contribution in [2.24, 2.45) is 0 Å². The summed E-state index contributed by atoms with van der Waals surface area (Å²) < 4.78 is 5.01. The molecule has 1 aromatic rings. The van der Waals surface area contributed by atoms with E-state index in [1.165, 1.54) is 5.56 Å². The zero-order valence-electron chi connectivity index (χ0n) is 9.49. The van der Waals surface area contributed by atoms with E-state index in [0.717, 1.165) is 24.3 Å². The fraction of sp³-hybridized carbons (Fsp3) is 0.462. The van der Waals surface area contributed by atoms with Gasteiger partial charge in [0.25, 0.3) is 0 Å². The third-order valence-corrected chi connectivity index (χ3v) is 3.34. The van der Waals surface area contributed by atoms with E-state index in [0.29, 0.717) is 13.0 Å². The van der Waals surface area contributed by atoms with E-state index in [2.05, 4.69) is 0 Å². The highest BCUT2D eigenvalue weighted by molar-refractivity contribution is 6.30. The van der Waals surface area contributed by atoms with Gasteiger partial charge in [0.1, 0.15) is 0 Å². The molecule has 1 aromatic carbocycles. The average molecular weight is 255 g/mol. The molecule has 1 saturated heterocycles. The van der Waals surface area contributed by atoms with E-state index < -0.39 is 11.6 Å². The van der Waals surface area contributed by atoms with Gasteiger partial charge in [-0.1, -0.05) is 23.7 Å². The summed E-state index contributed by atoms with van der Waals surface area (Å²) >= 11 is 5.79. The van der Waals surface area contributed by atoms with E-state index in [1.54, 1.807) is 0 Å². The highest BCUT2D eigenvalue weighted by Gasteiger charge is 2.51. The van der Waals surface area contributed by atoms with Crippen molar-refractivity contribution >= 4 is 17.6 Å². The van der Waals surface area contributed by atoms with Crippen molar-refractivity contribution in [2.75, 3.05) is 6.61 Å². The van der Waals surface area contributed by atoms with Crippen LogP contribution in [0.3, 0.4) is 0 Å². The molecule has 0 bridgehead atoms. The van der Waals surface area contributed by atoms with Crippen molar-refractivity contribution < 1.29 is 14.6 Å². The zero-order chi connectivity index (χ0) is 12.3. The maximum atomic E-state index is 10.8. The Labute approximate surface area is 105 Å². The Hall–Kier alpha value is -1.06. The number of carbonyl (C=O) groups is 1. The standard InChI is InChI=1S/C13H15ClO3/c14-11-6-4-10(5-7-11)3-1-2-8-13(9-17-13)12(15)16/h4-7H,1-3,8-9H2,(H,15,16). The molecule has 3 nitrogen and oxygen atoms in total. The first kappa shape index (κ1) is 12.4. The molecule has 0 amide bonds. The van der Waals surface area contributed by atoms with Gasteiger partial charge in [-0.15, -0.1) is 0 Å². The molecule has 1 atom stereocenters. The van der Waals surface area contributed by atoms with Gasteiger partial charge in [0.2, 0.25) is 0 Å². The van der Waals surface area contributed by atoms with E-state index in [4.69, 9.17) is 21.4 Å². The normalized spacial score (nSPS) is 22.4. The Morgan fingerprint density at radius 3 is 2.53 bits per heavy atom. The Morgan fingerprint density at radius 2 is 2.00 bits per heavy atom. The lowest BCUT2D eigenvalue weighted by Crippen LogP contribution is -2.23. The summed E-state index contributed by atoms with van der Waals surface area (Å²) in [6.07, 6.45) is 3.40. The fourth-order valence-corrected chi connectivity index (χ4v) is 1.98. The number of rotatable bonds is 6. The third kappa shape index (κ3) is 3.20. The molecule has 2 rings (SSSR count). The molecular weight excluding hydrogens is 240 g/mol. The fourth-order valence-electron chi connectivity index (χ4n) is 1.85. The van der Waals surface area contributed by atoms with Crippen LogP contribution in [0.15, 0.2) is 24.3 Å². The van der Waals surface area contributed by atoms with E-state index in [1.807, 2.05) is 24.3 Å². The number of aliphatic carboxylic acids is 1. The Kier molecular flexibility index (Phi) is 3.69. The molecule has 1 N–H and O–H groups in total. The predicted octanol–water partition coefficient (Wildman–Crippen LogP) is 2.91. The number of halogens is 1. The predicted molar refractivity (Wildman–Crippen MR) is 65.3 cm³/mol. The monoisotopic (exact) mass is 254 g/mol. The molecule has 0 spiro atoms. The number of ether oxygens (including phenoxy) is 1. The van der Waals surface area contributed by atoms with Gasteiger partial charge < -0.3 is 9.84 Å². The van der Waals surface area contributed by atoms with Gasteiger partial charge in [-0.2, -0.15) is 0 Å². The lowest BCUT2D eigenvalue weighted by molar-refractivity contribution is -0.143. The lowest BCUT2D eigenvalue weighted by atomic mass is 10.0. The van der Waals surface area contributed by atoms with Crippen LogP contribution in [0.4, 0.5) is 0 Å². The minimum Gasteiger partial charge on any atom is -0.479 e. The number of carboxylic acids is 1. The molecule has 1 unspecified atom stereocenters. The summed E-state index contributed by atoms with van der Waals surface area (Å²) in [5.41, 5.74) is 0.371. The second-order valence-corrected chi connectivity index (χ2v) is 4.86. The van der Waals surface area contributed by atoms with Crippen LogP contribution < -0.4 is 0 Å². The number of unbranched alkanes of at least 4 members (excludes halogenated alkanes) is 1. The van der Waals surface area contributed by atoms with Crippen molar-refractivity contribution in [1.29, 1.82) is 0 Å². The number of benzene rings is 1. The molecule has 0 aliphatic carbocycles. The molecule has 1 fully saturated rings. The maximum absolute atomic E-state index is 10.8. The number of epoxide rings is 1. The van der Waals surface area contributed by atoms with Gasteiger partial charge in [-0.3, -0.25) is 0 Å². The van der Waals surface area contributed by atoms with Gasteiger partial charge in [0, 0.05) is 5.02 Å². The van der Waals surface area contributed by atoms with E-state index in [-0.39, 0.29) is 0 Å². The van der Waals surface area contributed by atoms with Crippen LogP contribution in [-0.2, 0) is 16.0 Å². The lowest BCUT2D eigenvalue weighted by Gasteiger charge is -2.06. The molecule has 1 heterocycles. The maximum Gasteiger partial charge on any atom is 0.338 e. The van der Waals surface area contributed by atoms with E-state index in [9.17, 15) is 4.79 Å². The molecule has 0 aromatic heterocycles. The van der Waals surface area contributed by atoms with Gasteiger partial charge in [0.05, 0.1) is 6.61 Å². The van der Waals surface area contributed by atoms with Crippen molar-refractivity contribution in [3.05, 3.63) is 34.9 Å². The van der Waals surface area contributed by atoms with Gasteiger partial charge in [0.15, 0.2) is 5.60 Å². The van der Waals surface area contributed by atoms with Crippen LogP contribution in [0.1, 0.15) is 24.8 Å². The minimum atomic E-state index is -0.861. The number of hydrogen-bond donors (Lipinski definition) is 1. The molecule has 1 aliphatic rings. The van der Waals surface area contributed by atoms with Crippen molar-refractivity contribution in [3.8, 4) is 0 Å². The van der Waals surface area contributed by atoms with Gasteiger partial charge >= 0.3 is 5.97 Å². The van der Waals surface area contributed by atoms with Crippen LogP contribution in [0.25, 0.3) is 0 Å². The largest absolute Gasteiger partial charge is 0.479 e. The van der Waals surface area contributed by atoms with E-state index >= 15 is 0 Å². The highest BCUT2D eigenvalue weighted by atomic mass is 35.5. The molecule has 17 heavy (non-hydrogen) atoms. The summed E-state index contributed by atoms with van der Waals surface area (Å²) in [5, 5.41) is 9.65. The third-order valence-electron chi connectivity index (χ3n) is 3.09. The van der Waals surface area contributed by atoms with Crippen molar-refractivity contribution in [1.82, 2.24) is 0 Å². The number of hydrogen-bond acceptors (Lipinski definition) is 2. The summed E-state index contributed by atoms with van der Waals surface area (Å²) in [4.78, 5) is 10.8. The molecule has 0 saturated carbocycles. The van der Waals surface area contributed by atoms with Crippen molar-refractivity contribution in [2.45, 2.75) is 31.3 Å². The smallest absolute Gasteiger partial charge is 0.338 e. The van der Waals surface area contributed by atoms with Crippen LogP contribution in [0, 0.1) is 0 Å². The van der Waals surface area contributed by atoms with Crippen molar-refractivity contribution in [3.63, 3.8) is 0 Å². The number of carboxylic acid groups (broad SMARTS) is 1. The van der Waals surface area contributed by atoms with Gasteiger partial charge in [-0.05, 0) is 43.4 Å². The average Bonchev–Trinajstić information content (AvgIpc) is 3.08. The quantitative estimate of drug-likeness (QED) is 0.627. The van der Waals surface area contributed by atoms with Crippen LogP contribution >= 0.6 is 11.6 Å². The molecule has 92 valence electrons. The van der Waals surface area contributed by atoms with Crippen LogP contribution in [-0.4, -0.2) is 23.3 Å². The number of aryl methyl sites for hydroxylation is 1. The second-order valence-electron chi connectivity index (χ2n) is 4.42. The summed E-state index contributed by atoms with van der Waals surface area (Å²) in [7, 11) is 0. The summed E-state index contributed by atoms with van der Waals surface area (Å²) in [6.45, 7) is 0.364. The van der Waals surface area contributed by atoms with Gasteiger partial charge in [-0.25, -0.2) is 4.79 Å². The first-order valence-electron chi connectivity index (χ1n) is 5.74. The highest BCUT2D eigenvalue weighted by Crippen LogP contribution is 2.33. The second kappa shape index (κ2) is 5.07. The first-order chi connectivity index (χ1) is 8.12. The topological polar surface area (TPSA) is 49.8 Å². The molecule has 0 radical (unpaired) electrons. The Balaban J connectivity index is 1.70. The Morgan fingerprint density at radius 1 is 1.35 bits per heavy atom. The summed E-state index contributed by atoms with van der Waals surface area (Å²) in [6, 6.07) is 7.76. The molecule has 4 heteroatoms. The minimum absolute atomic E-state index is 0.364. The van der Waals surface area contributed by atoms with Crippen LogP contribution in [0.5, 0.6) is 0 Å². The summed E-state index contributed by atoms with van der Waals surface area (Å²) in [5.74, 6) is -0.830. The van der Waals surface area contributed by atoms with Crippen LogP contribution in [0.2, 0.25) is 5.02 Å². The first-order valence-corrected chi connectivity index (χ1v) is 6.12. The molecule has 1 aliphatic heterocycles.